The number of benzene rings is 2. The van der Waals surface area contributed by atoms with Crippen LogP contribution in [-0.2, 0) is 12.0 Å². The average Bonchev–Trinajstić information content (AvgIpc) is 3.46. The average molecular weight is 350 g/mol. The van der Waals surface area contributed by atoms with Gasteiger partial charge in [-0.05, 0) is 55.2 Å². The number of rotatable bonds is 6. The van der Waals surface area contributed by atoms with Crippen LogP contribution in [0.4, 0.5) is 4.39 Å². The van der Waals surface area contributed by atoms with E-state index in [0.29, 0.717) is 12.1 Å². The molecule has 4 nitrogen and oxygen atoms in total. The second-order valence-corrected chi connectivity index (χ2v) is 6.65. The van der Waals surface area contributed by atoms with Gasteiger partial charge in [0.15, 0.2) is 5.96 Å². The van der Waals surface area contributed by atoms with Crippen LogP contribution < -0.4 is 10.6 Å². The molecule has 134 valence electrons. The van der Waals surface area contributed by atoms with Crippen LogP contribution >= 0.6 is 0 Å². The lowest BCUT2D eigenvalue weighted by Crippen LogP contribution is -2.41. The second-order valence-electron chi connectivity index (χ2n) is 6.65. The number of nitrogens with one attached hydrogen (secondary N) is 2. The van der Waals surface area contributed by atoms with Gasteiger partial charge in [0.1, 0.15) is 5.82 Å². The summed E-state index contributed by atoms with van der Waals surface area (Å²) in [7, 11) is 0. The van der Waals surface area contributed by atoms with E-state index in [1.165, 1.54) is 6.07 Å². The summed E-state index contributed by atoms with van der Waals surface area (Å²) >= 11 is 0. The fraction of sp³-hybridized carbons (Fsp3) is 0.333. The third-order valence-electron chi connectivity index (χ3n) is 4.73. The summed E-state index contributed by atoms with van der Waals surface area (Å²) in [6.45, 7) is 4.06. The topological polar surface area (TPSA) is 60.2 Å². The Morgan fingerprint density at radius 3 is 2.58 bits per heavy atom. The lowest BCUT2D eigenvalue weighted by atomic mass is 9.96. The number of guanidine groups is 1. The number of hydrogen-bond donors (Lipinski definition) is 2. The zero-order valence-electron chi connectivity index (χ0n) is 14.9. The molecule has 0 unspecified atom stereocenters. The van der Waals surface area contributed by atoms with E-state index in [1.807, 2.05) is 25.1 Å². The summed E-state index contributed by atoms with van der Waals surface area (Å²) in [4.78, 5) is 4.62. The first-order valence-electron chi connectivity index (χ1n) is 8.92. The van der Waals surface area contributed by atoms with E-state index >= 15 is 0 Å². The molecule has 2 aromatic carbocycles. The molecule has 0 spiro atoms. The highest BCUT2D eigenvalue weighted by Crippen LogP contribution is 2.47. The summed E-state index contributed by atoms with van der Waals surface area (Å²) < 4.78 is 13.5. The summed E-state index contributed by atoms with van der Waals surface area (Å²) in [6, 6.07) is 16.4. The van der Waals surface area contributed by atoms with Crippen LogP contribution in [0.5, 0.6) is 0 Å². The zero-order chi connectivity index (χ0) is 18.4. The molecule has 5 heteroatoms. The van der Waals surface area contributed by atoms with Gasteiger partial charge in [-0.1, -0.05) is 24.3 Å². The minimum absolute atomic E-state index is 0.00668. The van der Waals surface area contributed by atoms with Crippen molar-refractivity contribution in [3.8, 4) is 6.07 Å². The van der Waals surface area contributed by atoms with Crippen molar-refractivity contribution in [3.63, 3.8) is 0 Å². The third kappa shape index (κ3) is 4.40. The van der Waals surface area contributed by atoms with Gasteiger partial charge in [-0.3, -0.25) is 0 Å². The van der Waals surface area contributed by atoms with Crippen molar-refractivity contribution in [2.24, 2.45) is 4.99 Å². The predicted octanol–water partition coefficient (Wildman–Crippen LogP) is 3.48. The SMILES string of the molecule is CCNC(=NCc1ccc(C#N)cc1)NCC1(c2cccc(F)c2)CC1. The molecule has 0 aliphatic heterocycles. The molecule has 1 aliphatic carbocycles. The molecule has 0 radical (unpaired) electrons. The monoisotopic (exact) mass is 350 g/mol. The minimum atomic E-state index is -0.185. The van der Waals surface area contributed by atoms with E-state index in [0.717, 1.165) is 43.0 Å². The van der Waals surface area contributed by atoms with Crippen molar-refractivity contribution >= 4 is 5.96 Å². The first-order valence-corrected chi connectivity index (χ1v) is 8.92. The largest absolute Gasteiger partial charge is 0.357 e. The fourth-order valence-electron chi connectivity index (χ4n) is 2.99. The van der Waals surface area contributed by atoms with Crippen molar-refractivity contribution in [2.45, 2.75) is 31.7 Å². The molecule has 0 atom stereocenters. The maximum Gasteiger partial charge on any atom is 0.191 e. The molecule has 0 saturated heterocycles. The van der Waals surface area contributed by atoms with Crippen molar-refractivity contribution in [1.29, 1.82) is 5.26 Å². The normalized spacial score (nSPS) is 15.2. The van der Waals surface area contributed by atoms with Crippen molar-refractivity contribution < 1.29 is 4.39 Å². The van der Waals surface area contributed by atoms with E-state index in [9.17, 15) is 4.39 Å². The number of hydrogen-bond acceptors (Lipinski definition) is 2. The number of nitrogens with zero attached hydrogens (tertiary/aromatic N) is 2. The van der Waals surface area contributed by atoms with Gasteiger partial charge in [-0.25, -0.2) is 9.38 Å². The van der Waals surface area contributed by atoms with Crippen molar-refractivity contribution in [1.82, 2.24) is 10.6 Å². The maximum atomic E-state index is 13.5. The Labute approximate surface area is 153 Å². The number of halogens is 1. The van der Waals surface area contributed by atoms with Gasteiger partial charge in [0, 0.05) is 18.5 Å². The standard InChI is InChI=1S/C21H23FN4/c1-2-24-20(25-14-17-8-6-16(13-23)7-9-17)26-15-21(10-11-21)18-4-3-5-19(22)12-18/h3-9,12H,2,10-11,14-15H2,1H3,(H2,24,25,26). The van der Waals surface area contributed by atoms with E-state index < -0.39 is 0 Å². The van der Waals surface area contributed by atoms with E-state index in [2.05, 4.69) is 21.7 Å². The van der Waals surface area contributed by atoms with Crippen LogP contribution in [0, 0.1) is 17.1 Å². The quantitative estimate of drug-likeness (QED) is 0.619. The molecule has 1 aliphatic rings. The smallest absolute Gasteiger partial charge is 0.191 e. The third-order valence-corrected chi connectivity index (χ3v) is 4.73. The molecule has 1 saturated carbocycles. The maximum absolute atomic E-state index is 13.5. The lowest BCUT2D eigenvalue weighted by Gasteiger charge is -2.19. The number of aliphatic imine (C=N–C) groups is 1. The Morgan fingerprint density at radius 2 is 1.96 bits per heavy atom. The van der Waals surface area contributed by atoms with Gasteiger partial charge in [-0.2, -0.15) is 5.26 Å². The minimum Gasteiger partial charge on any atom is -0.357 e. The summed E-state index contributed by atoms with van der Waals surface area (Å²) in [5.41, 5.74) is 2.75. The van der Waals surface area contributed by atoms with Gasteiger partial charge in [-0.15, -0.1) is 0 Å². The molecular formula is C21H23FN4. The molecular weight excluding hydrogens is 327 g/mol. The second kappa shape index (κ2) is 8.01. The Bertz CT molecular complexity index is 817. The Morgan fingerprint density at radius 1 is 1.19 bits per heavy atom. The van der Waals surface area contributed by atoms with Crippen LogP contribution in [-0.4, -0.2) is 19.0 Å². The van der Waals surface area contributed by atoms with Gasteiger partial charge in [0.05, 0.1) is 18.2 Å². The van der Waals surface area contributed by atoms with Gasteiger partial charge >= 0.3 is 0 Å². The van der Waals surface area contributed by atoms with Gasteiger partial charge in [0.2, 0.25) is 0 Å². The molecule has 0 bridgehead atoms. The van der Waals surface area contributed by atoms with Crippen LogP contribution in [0.3, 0.4) is 0 Å². The van der Waals surface area contributed by atoms with E-state index in [1.54, 1.807) is 24.3 Å². The first-order chi connectivity index (χ1) is 12.6. The molecule has 0 aromatic heterocycles. The molecule has 1 fully saturated rings. The number of nitriles is 1. The van der Waals surface area contributed by atoms with Crippen LogP contribution in [0.2, 0.25) is 0 Å². The Balaban J connectivity index is 1.63. The van der Waals surface area contributed by atoms with E-state index in [4.69, 9.17) is 5.26 Å². The first kappa shape index (κ1) is 17.9. The van der Waals surface area contributed by atoms with Crippen LogP contribution in [0.15, 0.2) is 53.5 Å². The van der Waals surface area contributed by atoms with Crippen LogP contribution in [0.1, 0.15) is 36.5 Å². The van der Waals surface area contributed by atoms with Gasteiger partial charge in [0.25, 0.3) is 0 Å². The fourth-order valence-corrected chi connectivity index (χ4v) is 2.99. The van der Waals surface area contributed by atoms with E-state index in [-0.39, 0.29) is 11.2 Å². The molecule has 2 N–H and O–H groups in total. The summed E-state index contributed by atoms with van der Waals surface area (Å²) in [6.07, 6.45) is 2.11. The summed E-state index contributed by atoms with van der Waals surface area (Å²) in [5, 5.41) is 15.5. The molecule has 0 heterocycles. The van der Waals surface area contributed by atoms with Gasteiger partial charge < -0.3 is 10.6 Å². The predicted molar refractivity (Wildman–Crippen MR) is 101 cm³/mol. The highest BCUT2D eigenvalue weighted by atomic mass is 19.1. The van der Waals surface area contributed by atoms with Crippen molar-refractivity contribution in [3.05, 3.63) is 71.0 Å². The summed E-state index contributed by atoms with van der Waals surface area (Å²) in [5.74, 6) is 0.565. The van der Waals surface area contributed by atoms with Crippen molar-refractivity contribution in [2.75, 3.05) is 13.1 Å². The Kier molecular flexibility index (Phi) is 5.52. The zero-order valence-corrected chi connectivity index (χ0v) is 14.9. The molecule has 3 rings (SSSR count). The molecule has 2 aromatic rings. The molecule has 26 heavy (non-hydrogen) atoms. The highest BCUT2D eigenvalue weighted by molar-refractivity contribution is 5.80. The lowest BCUT2D eigenvalue weighted by molar-refractivity contribution is 0.607. The molecule has 0 amide bonds. The Hall–Kier alpha value is -2.87. The van der Waals surface area contributed by atoms with Crippen LogP contribution in [0.25, 0.3) is 0 Å². The highest BCUT2D eigenvalue weighted by Gasteiger charge is 2.44.